The van der Waals surface area contributed by atoms with Gasteiger partial charge in [0.1, 0.15) is 0 Å². The summed E-state index contributed by atoms with van der Waals surface area (Å²) in [5.41, 5.74) is 15.0. The fraction of sp³-hybridized carbons (Fsp3) is 0.225. The molecule has 3 aliphatic rings. The van der Waals surface area contributed by atoms with Crippen molar-refractivity contribution in [3.8, 4) is 11.1 Å². The van der Waals surface area contributed by atoms with Gasteiger partial charge < -0.3 is 15.0 Å². The smallest absolute Gasteiger partial charge is 0.399 e. The zero-order valence-corrected chi connectivity index (χ0v) is 54.2. The summed E-state index contributed by atoms with van der Waals surface area (Å²) in [5.74, 6) is -0.675. The van der Waals surface area contributed by atoms with Crippen LogP contribution in [0.4, 0.5) is 22.7 Å². The Morgan fingerprint density at radius 3 is 1.09 bits per heavy atom. The first kappa shape index (κ1) is 59.2. The normalized spacial score (nSPS) is 15.5. The molecule has 1 fully saturated rings. The Bertz CT molecular complexity index is 5260. The summed E-state index contributed by atoms with van der Waals surface area (Å²) < 4.78 is 13.0. The topological polar surface area (TPSA) is 162 Å². The summed E-state index contributed by atoms with van der Waals surface area (Å²) in [7, 11) is -0.489. The van der Waals surface area contributed by atoms with E-state index in [9.17, 15) is 29.3 Å². The summed E-state index contributed by atoms with van der Waals surface area (Å²) in [5, 5.41) is 27.3. The number of carbonyl (C=O) groups is 4. The fourth-order valence-corrected chi connectivity index (χ4v) is 15.3. The number of nitrogens with two attached hydrogens (primary N) is 1. The maximum Gasteiger partial charge on any atom is 0.495 e. The van der Waals surface area contributed by atoms with E-state index >= 15 is 0 Å². The predicted molar refractivity (Wildman–Crippen MR) is 379 cm³/mol. The highest BCUT2D eigenvalue weighted by Crippen LogP contribution is 2.51. The highest BCUT2D eigenvalue weighted by molar-refractivity contribution is 6.66. The van der Waals surface area contributed by atoms with E-state index in [-0.39, 0.29) is 53.0 Å². The summed E-state index contributed by atoms with van der Waals surface area (Å²) in [6.45, 7) is 25.0. The number of carbonyl (C=O) groups excluding carboxylic acids is 4. The third-order valence-corrected chi connectivity index (χ3v) is 20.5. The SMILES string of the molecule is CC(C)c1cccc(C(C)C)c1N1C(=O)c2ccc3c4cccc5c(-c6ccc(N)cc6[N+](=O)[O-])ccc(c6ccc(c2c36)C1=O)c54.CC(C)c1cccc(C(C)C)c1N1C(=O)c2ccc3c4cccc5c(B6OC(C)(C)C(C)(C)O6)ccc(c6ccc(c2c36)C1=O)c54. The van der Waals surface area contributed by atoms with Crippen LogP contribution < -0.4 is 21.0 Å². The Morgan fingerprint density at radius 2 is 0.699 bits per heavy atom. The minimum absolute atomic E-state index is 0.0540. The fourth-order valence-electron chi connectivity index (χ4n) is 15.3. The van der Waals surface area contributed by atoms with Gasteiger partial charge in [-0.05, 0) is 196 Å². The van der Waals surface area contributed by atoms with Crippen LogP contribution in [0, 0.1) is 10.1 Å². The number of benzene rings is 13. The van der Waals surface area contributed by atoms with E-state index in [4.69, 9.17) is 15.0 Å². The number of hydrogen-bond acceptors (Lipinski definition) is 9. The van der Waals surface area contributed by atoms with Gasteiger partial charge in [-0.3, -0.25) is 29.3 Å². The standard InChI is InChI=1S/C40H38BNO4.C40H31N3O4/c1-21(2)23-11-9-12-24(22(3)4)36(23)42-37(43)30-17-15-27-25-13-10-14-29-32(41-45-39(5,6)40(7,8)46-41)20-19-26(33(25)29)28-16-18-31(38(42)44)35(30)34(27)28;1-20(2)23-7-5-8-24(21(3)4)38(23)42-39(44)32-17-15-30-28-10-6-9-27-25(26-12-11-22(41)19-34(26)43(46)47)13-14-29(35(27)28)31-16-18-33(40(42)45)37(32)36(30)31/h9-22H,1-8H3;5-21H,41H2,1-4H3. The summed E-state index contributed by atoms with van der Waals surface area (Å²) in [6, 6.07) is 53.0. The number of hydrogen-bond donors (Lipinski definition) is 1. The number of anilines is 3. The van der Waals surface area contributed by atoms with Gasteiger partial charge in [-0.25, -0.2) is 9.80 Å². The molecular weight excluding hydrogens is 1160 g/mol. The molecule has 1 saturated heterocycles. The van der Waals surface area contributed by atoms with Gasteiger partial charge in [0.15, 0.2) is 0 Å². The molecule has 3 aliphatic heterocycles. The molecule has 12 nitrogen and oxygen atoms in total. The molecular formula is C80H69BN4O8. The number of fused-ring (bicyclic) bond motifs is 4. The molecule has 0 unspecified atom stereocenters. The monoisotopic (exact) mass is 1220 g/mol. The lowest BCUT2D eigenvalue weighted by molar-refractivity contribution is -0.384. The van der Waals surface area contributed by atoms with Gasteiger partial charge >= 0.3 is 7.12 Å². The maximum absolute atomic E-state index is 14.5. The van der Waals surface area contributed by atoms with Crippen molar-refractivity contribution in [1.29, 1.82) is 0 Å². The lowest BCUT2D eigenvalue weighted by atomic mass is 9.74. The zero-order chi connectivity index (χ0) is 65.3. The highest BCUT2D eigenvalue weighted by atomic mass is 16.7. The molecule has 2 N–H and O–H groups in total. The van der Waals surface area contributed by atoms with Crippen LogP contribution in [0.2, 0.25) is 0 Å². The van der Waals surface area contributed by atoms with Gasteiger partial charge in [0.25, 0.3) is 29.3 Å². The third kappa shape index (κ3) is 8.51. The van der Waals surface area contributed by atoms with Crippen molar-refractivity contribution in [2.45, 2.75) is 118 Å². The molecule has 0 saturated carbocycles. The van der Waals surface area contributed by atoms with Gasteiger partial charge in [-0.2, -0.15) is 0 Å². The molecule has 0 spiro atoms. The minimum atomic E-state index is -0.489. The number of nitrogen functional groups attached to an aromatic ring is 1. The van der Waals surface area contributed by atoms with Crippen LogP contribution in [0.1, 0.15) is 170 Å². The lowest BCUT2D eigenvalue weighted by Crippen LogP contribution is -2.41. The van der Waals surface area contributed by atoms with Gasteiger partial charge in [0.05, 0.1) is 33.1 Å². The first-order chi connectivity index (χ1) is 44.4. The van der Waals surface area contributed by atoms with E-state index in [0.29, 0.717) is 44.6 Å². The van der Waals surface area contributed by atoms with Crippen molar-refractivity contribution < 1.29 is 33.4 Å². The van der Waals surface area contributed by atoms with Crippen molar-refractivity contribution in [3.05, 3.63) is 218 Å². The number of imide groups is 2. The molecule has 0 aromatic heterocycles. The van der Waals surface area contributed by atoms with Crippen molar-refractivity contribution in [2.75, 3.05) is 15.5 Å². The van der Waals surface area contributed by atoms with Crippen molar-refractivity contribution in [3.63, 3.8) is 0 Å². The van der Waals surface area contributed by atoms with Crippen LogP contribution in [0.25, 0.3) is 97.3 Å². The summed E-state index contributed by atoms with van der Waals surface area (Å²) >= 11 is 0. The highest BCUT2D eigenvalue weighted by Gasteiger charge is 2.52. The number of nitro benzene ring substituents is 1. The van der Waals surface area contributed by atoms with Gasteiger partial charge in [0.2, 0.25) is 0 Å². The zero-order valence-electron chi connectivity index (χ0n) is 54.2. The Hall–Kier alpha value is -10.1. The first-order valence-electron chi connectivity index (χ1n) is 32.2. The Balaban J connectivity index is 0.000000154. The molecule has 93 heavy (non-hydrogen) atoms. The molecule has 0 bridgehead atoms. The molecule has 13 aromatic rings. The molecule has 0 aliphatic carbocycles. The van der Waals surface area contributed by atoms with E-state index < -0.39 is 23.2 Å². The van der Waals surface area contributed by atoms with Crippen LogP contribution in [0.3, 0.4) is 0 Å². The second-order valence-corrected chi connectivity index (χ2v) is 27.7. The van der Waals surface area contributed by atoms with Crippen molar-refractivity contribution in [2.24, 2.45) is 0 Å². The van der Waals surface area contributed by atoms with Crippen LogP contribution >= 0.6 is 0 Å². The predicted octanol–water partition coefficient (Wildman–Crippen LogP) is 19.0. The second-order valence-electron chi connectivity index (χ2n) is 27.7. The molecule has 0 atom stereocenters. The number of rotatable bonds is 9. The van der Waals surface area contributed by atoms with E-state index in [1.807, 2.05) is 103 Å². The van der Waals surface area contributed by atoms with E-state index in [1.165, 1.54) is 15.9 Å². The largest absolute Gasteiger partial charge is 0.495 e. The first-order valence-corrected chi connectivity index (χ1v) is 32.2. The van der Waals surface area contributed by atoms with Crippen molar-refractivity contribution >= 4 is 145 Å². The number of para-hydroxylation sites is 2. The van der Waals surface area contributed by atoms with Gasteiger partial charge in [0, 0.05) is 44.8 Å². The maximum atomic E-state index is 14.5. The summed E-state index contributed by atoms with van der Waals surface area (Å²) in [6.07, 6.45) is 0. The van der Waals surface area contributed by atoms with E-state index in [1.54, 1.807) is 12.1 Å². The minimum Gasteiger partial charge on any atom is -0.399 e. The van der Waals surface area contributed by atoms with Crippen molar-refractivity contribution in [1.82, 2.24) is 0 Å². The lowest BCUT2D eigenvalue weighted by Gasteiger charge is -2.32. The average Bonchev–Trinajstić information content (AvgIpc) is 0.892. The molecule has 16 rings (SSSR count). The average molecular weight is 1230 g/mol. The third-order valence-electron chi connectivity index (χ3n) is 20.5. The molecule has 0 radical (unpaired) electrons. The van der Waals surface area contributed by atoms with Gasteiger partial charge in [-0.15, -0.1) is 0 Å². The summed E-state index contributed by atoms with van der Waals surface area (Å²) in [4.78, 5) is 72.4. The van der Waals surface area contributed by atoms with Crippen LogP contribution in [0.15, 0.2) is 164 Å². The number of amides is 4. The van der Waals surface area contributed by atoms with Crippen LogP contribution in [-0.2, 0) is 9.31 Å². The van der Waals surface area contributed by atoms with Gasteiger partial charge in [-0.1, -0.05) is 177 Å². The van der Waals surface area contributed by atoms with Crippen LogP contribution in [-0.4, -0.2) is 46.9 Å². The molecule has 13 heteroatoms. The Kier molecular flexibility index (Phi) is 13.4. The van der Waals surface area contributed by atoms with E-state index in [0.717, 1.165) is 120 Å². The number of nitrogens with zero attached hydrogens (tertiary/aromatic N) is 3. The Labute approximate surface area is 538 Å². The molecule has 13 aromatic carbocycles. The Morgan fingerprint density at radius 1 is 0.387 bits per heavy atom. The van der Waals surface area contributed by atoms with E-state index in [2.05, 4.69) is 126 Å². The number of nitro groups is 1. The quantitative estimate of drug-likeness (QED) is 0.0282. The molecule has 4 amide bonds. The second kappa shape index (κ2) is 21.0. The molecule has 460 valence electrons. The van der Waals surface area contributed by atoms with Crippen LogP contribution in [0.5, 0.6) is 0 Å². The molecule has 3 heterocycles.